The molecule has 0 fully saturated rings. The molecule has 9 heteroatoms. The van der Waals surface area contributed by atoms with Gasteiger partial charge in [-0.25, -0.2) is 14.6 Å². The Morgan fingerprint density at radius 2 is 1.96 bits per heavy atom. The number of rotatable bonds is 8. The Labute approximate surface area is 164 Å². The lowest BCUT2D eigenvalue weighted by molar-refractivity contribution is -0.140. The van der Waals surface area contributed by atoms with Crippen molar-refractivity contribution in [1.82, 2.24) is 15.3 Å². The average molecular weight is 401 g/mol. The number of nitrogens with zero attached hydrogens (tertiary/aromatic N) is 1. The quantitative estimate of drug-likeness (QED) is 0.426. The highest BCUT2D eigenvalue weighted by Gasteiger charge is 2.19. The first kappa shape index (κ1) is 19.7. The van der Waals surface area contributed by atoms with Crippen molar-refractivity contribution in [3.63, 3.8) is 0 Å². The van der Waals surface area contributed by atoms with Crippen LogP contribution in [0, 0.1) is 0 Å². The Morgan fingerprint density at radius 1 is 1.21 bits per heavy atom. The molecule has 0 aliphatic heterocycles. The van der Waals surface area contributed by atoms with Crippen LogP contribution >= 0.6 is 11.8 Å². The molecule has 0 aliphatic carbocycles. The summed E-state index contributed by atoms with van der Waals surface area (Å²) >= 11 is 1.36. The van der Waals surface area contributed by atoms with Gasteiger partial charge in [-0.05, 0) is 17.9 Å². The van der Waals surface area contributed by atoms with Gasteiger partial charge in [-0.2, -0.15) is 11.8 Å². The van der Waals surface area contributed by atoms with Gasteiger partial charge in [0.15, 0.2) is 0 Å². The summed E-state index contributed by atoms with van der Waals surface area (Å²) in [5, 5.41) is 22.6. The molecule has 146 valence electrons. The minimum absolute atomic E-state index is 0.0288. The summed E-state index contributed by atoms with van der Waals surface area (Å²) in [5.74, 6) is -1.85. The first-order chi connectivity index (χ1) is 13.4. The number of para-hydroxylation sites is 1. The van der Waals surface area contributed by atoms with Gasteiger partial charge in [-0.1, -0.05) is 18.2 Å². The first-order valence-corrected chi connectivity index (χ1v) is 9.73. The number of aromatic amines is 1. The van der Waals surface area contributed by atoms with Gasteiger partial charge in [-0.3, -0.25) is 4.79 Å². The topological polar surface area (TPSA) is 132 Å². The average Bonchev–Trinajstić information content (AvgIpc) is 3.02. The summed E-state index contributed by atoms with van der Waals surface area (Å²) in [5.41, 5.74) is 2.26. The number of carboxylic acids is 2. The number of thioether (sulfide) groups is 1. The number of carboxylic acid groups (broad SMARTS) is 2. The Balaban J connectivity index is 1.81. The number of hydrogen-bond acceptors (Lipinski definition) is 5. The number of H-pyrrole nitrogens is 1. The molecule has 2 heterocycles. The van der Waals surface area contributed by atoms with E-state index in [0.29, 0.717) is 17.9 Å². The number of aromatic nitrogens is 2. The predicted octanol–water partition coefficient (Wildman–Crippen LogP) is 2.28. The van der Waals surface area contributed by atoms with E-state index in [1.165, 1.54) is 18.7 Å². The van der Waals surface area contributed by atoms with Gasteiger partial charge in [-0.15, -0.1) is 0 Å². The summed E-state index contributed by atoms with van der Waals surface area (Å²) in [4.78, 5) is 41.3. The number of hydrogen-bond donors (Lipinski definition) is 4. The van der Waals surface area contributed by atoms with Gasteiger partial charge in [0, 0.05) is 35.4 Å². The Morgan fingerprint density at radius 3 is 2.64 bits per heavy atom. The number of benzene rings is 1. The molecule has 0 radical (unpaired) electrons. The SMILES string of the molecule is CC(=O)NC(CSCCc1nc(C(=O)O)cc2c1[nH]c1ccccc12)C(=O)O. The summed E-state index contributed by atoms with van der Waals surface area (Å²) in [6.45, 7) is 1.27. The van der Waals surface area contributed by atoms with Gasteiger partial charge in [0.05, 0.1) is 11.2 Å². The Kier molecular flexibility index (Phi) is 5.84. The molecule has 1 atom stereocenters. The van der Waals surface area contributed by atoms with Gasteiger partial charge < -0.3 is 20.5 Å². The minimum atomic E-state index is -1.10. The van der Waals surface area contributed by atoms with E-state index in [0.717, 1.165) is 21.8 Å². The molecule has 0 bridgehead atoms. The van der Waals surface area contributed by atoms with E-state index >= 15 is 0 Å². The van der Waals surface area contributed by atoms with E-state index in [2.05, 4.69) is 15.3 Å². The predicted molar refractivity (Wildman–Crippen MR) is 107 cm³/mol. The second kappa shape index (κ2) is 8.30. The third-order valence-electron chi connectivity index (χ3n) is 4.23. The maximum absolute atomic E-state index is 11.5. The molecule has 1 unspecified atom stereocenters. The van der Waals surface area contributed by atoms with Gasteiger partial charge in [0.1, 0.15) is 11.7 Å². The van der Waals surface area contributed by atoms with Crippen molar-refractivity contribution >= 4 is 51.4 Å². The van der Waals surface area contributed by atoms with E-state index in [1.54, 1.807) is 6.07 Å². The van der Waals surface area contributed by atoms with Crippen molar-refractivity contribution in [3.05, 3.63) is 41.7 Å². The van der Waals surface area contributed by atoms with Crippen LogP contribution in [-0.2, 0) is 16.0 Å². The molecule has 2 aromatic heterocycles. The van der Waals surface area contributed by atoms with Crippen LogP contribution in [0.5, 0.6) is 0 Å². The fourth-order valence-corrected chi connectivity index (χ4v) is 3.96. The molecule has 28 heavy (non-hydrogen) atoms. The van der Waals surface area contributed by atoms with Crippen molar-refractivity contribution in [2.75, 3.05) is 11.5 Å². The minimum Gasteiger partial charge on any atom is -0.480 e. The zero-order valence-electron chi connectivity index (χ0n) is 15.1. The second-order valence-electron chi connectivity index (χ2n) is 6.27. The van der Waals surface area contributed by atoms with Crippen molar-refractivity contribution in [2.45, 2.75) is 19.4 Å². The molecule has 1 amide bonds. The number of pyridine rings is 1. The summed E-state index contributed by atoms with van der Waals surface area (Å²) in [6.07, 6.45) is 0.460. The highest BCUT2D eigenvalue weighted by atomic mass is 32.2. The molecule has 8 nitrogen and oxygen atoms in total. The van der Waals surface area contributed by atoms with Crippen LogP contribution in [0.15, 0.2) is 30.3 Å². The van der Waals surface area contributed by atoms with Crippen LogP contribution in [0.1, 0.15) is 23.1 Å². The van der Waals surface area contributed by atoms with Crippen LogP contribution in [-0.4, -0.2) is 55.6 Å². The second-order valence-corrected chi connectivity index (χ2v) is 7.42. The number of aryl methyl sites for hydroxylation is 1. The lowest BCUT2D eigenvalue weighted by atomic mass is 10.1. The maximum atomic E-state index is 11.5. The van der Waals surface area contributed by atoms with Crippen molar-refractivity contribution in [3.8, 4) is 0 Å². The summed E-state index contributed by atoms with van der Waals surface area (Å²) < 4.78 is 0. The number of aromatic carboxylic acids is 1. The molecule has 1 aromatic carbocycles. The molecular formula is C19H19N3O5S. The number of aliphatic carboxylic acids is 1. The molecule has 0 saturated carbocycles. The number of nitrogens with one attached hydrogen (secondary N) is 2. The van der Waals surface area contributed by atoms with Crippen LogP contribution in [0.25, 0.3) is 21.8 Å². The molecular weight excluding hydrogens is 382 g/mol. The highest BCUT2D eigenvalue weighted by Crippen LogP contribution is 2.28. The third-order valence-corrected chi connectivity index (χ3v) is 5.30. The summed E-state index contributed by atoms with van der Waals surface area (Å²) in [7, 11) is 0. The molecule has 0 saturated heterocycles. The largest absolute Gasteiger partial charge is 0.480 e. The normalized spacial score (nSPS) is 12.2. The van der Waals surface area contributed by atoms with Crippen LogP contribution < -0.4 is 5.32 Å². The number of carbonyl (C=O) groups is 3. The first-order valence-electron chi connectivity index (χ1n) is 8.58. The monoisotopic (exact) mass is 401 g/mol. The lowest BCUT2D eigenvalue weighted by Crippen LogP contribution is -2.41. The fourth-order valence-electron chi connectivity index (χ4n) is 2.99. The van der Waals surface area contributed by atoms with Crippen LogP contribution in [0.3, 0.4) is 0 Å². The van der Waals surface area contributed by atoms with Crippen LogP contribution in [0.2, 0.25) is 0 Å². The van der Waals surface area contributed by atoms with E-state index < -0.39 is 23.9 Å². The third kappa shape index (κ3) is 4.25. The van der Waals surface area contributed by atoms with Crippen molar-refractivity contribution < 1.29 is 24.6 Å². The smallest absolute Gasteiger partial charge is 0.354 e. The zero-order valence-corrected chi connectivity index (χ0v) is 15.9. The standard InChI is InChI=1S/C19H19N3O5S/c1-10(23)20-16(19(26)27)9-28-7-6-14-17-12(8-15(21-14)18(24)25)11-4-2-3-5-13(11)22-17/h2-5,8,16,22H,6-7,9H2,1H3,(H,20,23)(H,24,25)(H,26,27). The maximum Gasteiger partial charge on any atom is 0.354 e. The summed E-state index contributed by atoms with van der Waals surface area (Å²) in [6, 6.07) is 8.22. The van der Waals surface area contributed by atoms with E-state index in [9.17, 15) is 19.5 Å². The van der Waals surface area contributed by atoms with E-state index in [4.69, 9.17) is 5.11 Å². The van der Waals surface area contributed by atoms with Crippen molar-refractivity contribution in [1.29, 1.82) is 0 Å². The van der Waals surface area contributed by atoms with Gasteiger partial charge >= 0.3 is 11.9 Å². The van der Waals surface area contributed by atoms with E-state index in [-0.39, 0.29) is 11.4 Å². The molecule has 0 aliphatic rings. The lowest BCUT2D eigenvalue weighted by Gasteiger charge is -2.12. The number of amides is 1. The molecule has 0 spiro atoms. The molecule has 3 rings (SSSR count). The Hall–Kier alpha value is -3.07. The Bertz CT molecular complexity index is 1060. The number of carbonyl (C=O) groups excluding carboxylic acids is 1. The van der Waals surface area contributed by atoms with Gasteiger partial charge in [0.2, 0.25) is 5.91 Å². The highest BCUT2D eigenvalue weighted by molar-refractivity contribution is 7.99. The zero-order chi connectivity index (χ0) is 20.3. The fraction of sp³-hybridized carbons (Fsp3) is 0.263. The van der Waals surface area contributed by atoms with Crippen LogP contribution in [0.4, 0.5) is 0 Å². The molecule has 3 aromatic rings. The molecule has 4 N–H and O–H groups in total. The van der Waals surface area contributed by atoms with Gasteiger partial charge in [0.25, 0.3) is 0 Å². The van der Waals surface area contributed by atoms with Crippen molar-refractivity contribution in [2.24, 2.45) is 0 Å². The number of fused-ring (bicyclic) bond motifs is 3. The van der Waals surface area contributed by atoms with E-state index in [1.807, 2.05) is 24.3 Å².